The molecule has 0 amide bonds. The first-order valence-electron chi connectivity index (χ1n) is 4.52. The van der Waals surface area contributed by atoms with Crippen molar-refractivity contribution in [3.05, 3.63) is 28.2 Å². The lowest BCUT2D eigenvalue weighted by molar-refractivity contribution is 0.325. The maximum Gasteiger partial charge on any atom is 0.122 e. The Bertz CT molecular complexity index is 360. The van der Waals surface area contributed by atoms with Gasteiger partial charge in [-0.2, -0.15) is 0 Å². The molecule has 2 heteroatoms. The topological polar surface area (TPSA) is 9.23 Å². The standard InChI is InChI=1S/C12H13BrO/c1-3-4-5-8-14-12-7-6-11(13)9-10(12)2/h6-7,9H,5,8H2,1-2H3. The van der Waals surface area contributed by atoms with Crippen molar-refractivity contribution >= 4 is 15.9 Å². The lowest BCUT2D eigenvalue weighted by Crippen LogP contribution is -1.97. The van der Waals surface area contributed by atoms with Crippen LogP contribution >= 0.6 is 15.9 Å². The quantitative estimate of drug-likeness (QED) is 0.591. The molecular weight excluding hydrogens is 240 g/mol. The van der Waals surface area contributed by atoms with Crippen molar-refractivity contribution in [1.82, 2.24) is 0 Å². The van der Waals surface area contributed by atoms with Crippen LogP contribution in [0.3, 0.4) is 0 Å². The van der Waals surface area contributed by atoms with E-state index in [1.165, 1.54) is 0 Å². The van der Waals surface area contributed by atoms with Gasteiger partial charge in [0, 0.05) is 10.9 Å². The summed E-state index contributed by atoms with van der Waals surface area (Å²) >= 11 is 3.41. The van der Waals surface area contributed by atoms with Crippen LogP contribution in [-0.4, -0.2) is 6.61 Å². The molecule has 0 fully saturated rings. The maximum absolute atomic E-state index is 5.57. The third kappa shape index (κ3) is 3.43. The molecule has 1 aromatic rings. The fourth-order valence-electron chi connectivity index (χ4n) is 1.11. The van der Waals surface area contributed by atoms with Crippen LogP contribution in [0.5, 0.6) is 5.75 Å². The van der Waals surface area contributed by atoms with Gasteiger partial charge in [0.25, 0.3) is 0 Å². The van der Waals surface area contributed by atoms with E-state index in [2.05, 4.69) is 27.8 Å². The Kier molecular flexibility index (Phi) is 4.55. The zero-order valence-corrected chi connectivity index (χ0v) is 10.0. The maximum atomic E-state index is 5.57. The Morgan fingerprint density at radius 2 is 2.21 bits per heavy atom. The lowest BCUT2D eigenvalue weighted by Gasteiger charge is -2.07. The molecule has 0 bridgehead atoms. The summed E-state index contributed by atoms with van der Waals surface area (Å²) in [5.41, 5.74) is 1.14. The summed E-state index contributed by atoms with van der Waals surface area (Å²) in [7, 11) is 0. The van der Waals surface area contributed by atoms with Gasteiger partial charge in [-0.25, -0.2) is 0 Å². The fraction of sp³-hybridized carbons (Fsp3) is 0.333. The second-order valence-corrected chi connectivity index (χ2v) is 3.85. The normalized spacial score (nSPS) is 9.07. The van der Waals surface area contributed by atoms with E-state index in [9.17, 15) is 0 Å². The number of rotatable bonds is 3. The first-order chi connectivity index (χ1) is 6.74. The van der Waals surface area contributed by atoms with Gasteiger partial charge < -0.3 is 4.74 Å². The summed E-state index contributed by atoms with van der Waals surface area (Å²) in [6, 6.07) is 5.99. The van der Waals surface area contributed by atoms with Crippen LogP contribution in [0.2, 0.25) is 0 Å². The summed E-state index contributed by atoms with van der Waals surface area (Å²) < 4.78 is 6.65. The second-order valence-electron chi connectivity index (χ2n) is 2.94. The molecule has 0 aliphatic heterocycles. The van der Waals surface area contributed by atoms with Gasteiger partial charge in [-0.05, 0) is 37.6 Å². The van der Waals surface area contributed by atoms with Crippen molar-refractivity contribution in [2.45, 2.75) is 20.3 Å². The summed E-state index contributed by atoms with van der Waals surface area (Å²) in [5, 5.41) is 0. The Balaban J connectivity index is 2.53. The van der Waals surface area contributed by atoms with Gasteiger partial charge in [0.2, 0.25) is 0 Å². The van der Waals surface area contributed by atoms with Crippen molar-refractivity contribution in [2.24, 2.45) is 0 Å². The molecule has 0 N–H and O–H groups in total. The van der Waals surface area contributed by atoms with Gasteiger partial charge in [0.05, 0.1) is 6.61 Å². The Morgan fingerprint density at radius 1 is 1.43 bits per heavy atom. The predicted molar refractivity (Wildman–Crippen MR) is 62.4 cm³/mol. The number of hydrogen-bond acceptors (Lipinski definition) is 1. The summed E-state index contributed by atoms with van der Waals surface area (Å²) in [5.74, 6) is 6.74. The third-order valence-corrected chi connectivity index (χ3v) is 2.29. The highest BCUT2D eigenvalue weighted by Gasteiger charge is 1.98. The minimum absolute atomic E-state index is 0.656. The smallest absolute Gasteiger partial charge is 0.122 e. The van der Waals surface area contributed by atoms with Crippen LogP contribution in [0.1, 0.15) is 18.9 Å². The Hall–Kier alpha value is -0.940. The molecule has 1 nitrogen and oxygen atoms in total. The van der Waals surface area contributed by atoms with E-state index in [4.69, 9.17) is 4.74 Å². The number of hydrogen-bond donors (Lipinski definition) is 0. The molecule has 1 rings (SSSR count). The molecule has 0 heterocycles. The molecule has 74 valence electrons. The molecule has 0 atom stereocenters. The van der Waals surface area contributed by atoms with Crippen molar-refractivity contribution in [2.75, 3.05) is 6.61 Å². The second kappa shape index (κ2) is 5.72. The number of benzene rings is 1. The minimum atomic E-state index is 0.656. The van der Waals surface area contributed by atoms with E-state index in [0.717, 1.165) is 22.2 Å². The van der Waals surface area contributed by atoms with Crippen LogP contribution < -0.4 is 4.74 Å². The van der Waals surface area contributed by atoms with E-state index in [0.29, 0.717) is 6.61 Å². The predicted octanol–water partition coefficient (Wildman–Crippen LogP) is 3.55. The molecule has 0 saturated heterocycles. The highest BCUT2D eigenvalue weighted by molar-refractivity contribution is 9.10. The molecule has 0 radical (unpaired) electrons. The lowest BCUT2D eigenvalue weighted by atomic mass is 10.2. The zero-order valence-electron chi connectivity index (χ0n) is 8.43. The van der Waals surface area contributed by atoms with E-state index in [-0.39, 0.29) is 0 Å². The highest BCUT2D eigenvalue weighted by atomic mass is 79.9. The molecule has 0 aliphatic rings. The SMILES string of the molecule is CC#CCCOc1ccc(Br)cc1C. The first-order valence-corrected chi connectivity index (χ1v) is 5.32. The van der Waals surface area contributed by atoms with Crippen LogP contribution in [0.15, 0.2) is 22.7 Å². The summed E-state index contributed by atoms with van der Waals surface area (Å²) in [6.07, 6.45) is 0.784. The molecule has 0 saturated carbocycles. The number of halogens is 1. The molecule has 0 spiro atoms. The highest BCUT2D eigenvalue weighted by Crippen LogP contribution is 2.22. The van der Waals surface area contributed by atoms with Crippen molar-refractivity contribution in [1.29, 1.82) is 0 Å². The monoisotopic (exact) mass is 252 g/mol. The molecule has 0 aliphatic carbocycles. The molecule has 0 unspecified atom stereocenters. The average Bonchev–Trinajstić information content (AvgIpc) is 2.15. The molecule has 0 aromatic heterocycles. The largest absolute Gasteiger partial charge is 0.492 e. The van der Waals surface area contributed by atoms with Gasteiger partial charge in [0.1, 0.15) is 5.75 Å². The summed E-state index contributed by atoms with van der Waals surface area (Å²) in [4.78, 5) is 0. The number of aryl methyl sites for hydroxylation is 1. The zero-order chi connectivity index (χ0) is 10.4. The average molecular weight is 253 g/mol. The summed E-state index contributed by atoms with van der Waals surface area (Å²) in [6.45, 7) is 4.53. The minimum Gasteiger partial charge on any atom is -0.492 e. The van der Waals surface area contributed by atoms with Gasteiger partial charge >= 0.3 is 0 Å². The van der Waals surface area contributed by atoms with Gasteiger partial charge in [0.15, 0.2) is 0 Å². The third-order valence-electron chi connectivity index (χ3n) is 1.80. The molecular formula is C12H13BrO. The van der Waals surface area contributed by atoms with Crippen LogP contribution in [0.25, 0.3) is 0 Å². The van der Waals surface area contributed by atoms with Crippen molar-refractivity contribution in [3.8, 4) is 17.6 Å². The van der Waals surface area contributed by atoms with E-state index in [1.807, 2.05) is 32.0 Å². The molecule has 1 aromatic carbocycles. The van der Waals surface area contributed by atoms with E-state index >= 15 is 0 Å². The van der Waals surface area contributed by atoms with Crippen LogP contribution in [0.4, 0.5) is 0 Å². The fourth-order valence-corrected chi connectivity index (χ4v) is 1.59. The van der Waals surface area contributed by atoms with Gasteiger partial charge in [-0.1, -0.05) is 15.9 Å². The van der Waals surface area contributed by atoms with Gasteiger partial charge in [-0.3, -0.25) is 0 Å². The van der Waals surface area contributed by atoms with E-state index in [1.54, 1.807) is 0 Å². The first kappa shape index (κ1) is 11.1. The van der Waals surface area contributed by atoms with Crippen molar-refractivity contribution < 1.29 is 4.74 Å². The van der Waals surface area contributed by atoms with Crippen LogP contribution in [-0.2, 0) is 0 Å². The van der Waals surface area contributed by atoms with Gasteiger partial charge in [-0.15, -0.1) is 11.8 Å². The molecule has 14 heavy (non-hydrogen) atoms. The van der Waals surface area contributed by atoms with Crippen LogP contribution in [0, 0.1) is 18.8 Å². The Morgan fingerprint density at radius 3 is 2.86 bits per heavy atom. The van der Waals surface area contributed by atoms with Crippen molar-refractivity contribution in [3.63, 3.8) is 0 Å². The number of ether oxygens (including phenoxy) is 1. The Labute approximate surface area is 93.6 Å². The van der Waals surface area contributed by atoms with E-state index < -0.39 is 0 Å².